The molecule has 0 radical (unpaired) electrons. The van der Waals surface area contributed by atoms with Crippen LogP contribution in [-0.4, -0.2) is 102 Å². The lowest BCUT2D eigenvalue weighted by Crippen LogP contribution is -2.40. The van der Waals surface area contributed by atoms with Crippen LogP contribution in [0, 0.1) is 5.53 Å². The quantitative estimate of drug-likeness (QED) is 0.211. The highest BCUT2D eigenvalue weighted by molar-refractivity contribution is 5.69. The van der Waals surface area contributed by atoms with E-state index in [1.165, 1.54) is 6.20 Å². The van der Waals surface area contributed by atoms with Crippen molar-refractivity contribution in [1.29, 1.82) is 5.53 Å². The lowest BCUT2D eigenvalue weighted by atomic mass is 10.0. The molecule has 2 aliphatic rings. The van der Waals surface area contributed by atoms with Crippen LogP contribution in [-0.2, 0) is 14.3 Å². The lowest BCUT2D eigenvalue weighted by molar-refractivity contribution is -0.137. The minimum atomic E-state index is -1.01. The standard InChI is InChI=1S/C21H33N9O5/c22-28-16(12-23-14-20(33)34)13-24-21-26-17(11-18(27-21)30-7-9-35-10-8-30)25-15-1-4-29(5-2-15)6-3-19(31)32/h11-12,15,22-23H,1-10,13-14H2,(H,31,32)(H,33,34)(H2,24,25,26,27)/b16-12-,28-22?. The predicted molar refractivity (Wildman–Crippen MR) is 128 cm³/mol. The van der Waals surface area contributed by atoms with E-state index in [0.717, 1.165) is 31.7 Å². The summed E-state index contributed by atoms with van der Waals surface area (Å²) >= 11 is 0. The summed E-state index contributed by atoms with van der Waals surface area (Å²) in [5.74, 6) is -0.00246. The molecule has 14 heteroatoms. The van der Waals surface area contributed by atoms with Crippen molar-refractivity contribution in [3.8, 4) is 0 Å². The Morgan fingerprint density at radius 3 is 2.54 bits per heavy atom. The van der Waals surface area contributed by atoms with Crippen LogP contribution >= 0.6 is 0 Å². The van der Waals surface area contributed by atoms with Crippen molar-refractivity contribution in [3.05, 3.63) is 18.0 Å². The highest BCUT2D eigenvalue weighted by atomic mass is 16.5. The van der Waals surface area contributed by atoms with Crippen molar-refractivity contribution < 1.29 is 24.5 Å². The zero-order valence-corrected chi connectivity index (χ0v) is 19.6. The molecule has 192 valence electrons. The molecule has 2 saturated heterocycles. The van der Waals surface area contributed by atoms with Gasteiger partial charge in [0.25, 0.3) is 0 Å². The second kappa shape index (κ2) is 13.4. The zero-order valence-electron chi connectivity index (χ0n) is 19.6. The summed E-state index contributed by atoms with van der Waals surface area (Å²) in [6, 6.07) is 2.11. The molecule has 1 aromatic rings. The first kappa shape index (κ1) is 26.1. The Balaban J connectivity index is 1.65. The Kier molecular flexibility index (Phi) is 9.98. The van der Waals surface area contributed by atoms with Gasteiger partial charge in [-0.15, -0.1) is 0 Å². The van der Waals surface area contributed by atoms with E-state index in [1.807, 2.05) is 6.07 Å². The summed E-state index contributed by atoms with van der Waals surface area (Å²) in [7, 11) is 0. The summed E-state index contributed by atoms with van der Waals surface area (Å²) in [6.45, 7) is 4.72. The maximum absolute atomic E-state index is 10.8. The molecule has 0 spiro atoms. The molecule has 0 aliphatic carbocycles. The van der Waals surface area contributed by atoms with Crippen molar-refractivity contribution in [1.82, 2.24) is 20.2 Å². The average Bonchev–Trinajstić information content (AvgIpc) is 2.86. The van der Waals surface area contributed by atoms with Crippen LogP contribution < -0.4 is 20.9 Å². The number of anilines is 3. The first-order valence-electron chi connectivity index (χ1n) is 11.6. The molecule has 1 aromatic heterocycles. The van der Waals surface area contributed by atoms with E-state index < -0.39 is 11.9 Å². The first-order chi connectivity index (χ1) is 16.9. The van der Waals surface area contributed by atoms with Gasteiger partial charge in [0.05, 0.1) is 31.9 Å². The Bertz CT molecular complexity index is 899. The number of nitrogens with zero attached hydrogens (tertiary/aromatic N) is 5. The number of carbonyl (C=O) groups is 2. The maximum Gasteiger partial charge on any atom is 0.322 e. The topological polar surface area (TPSA) is 188 Å². The summed E-state index contributed by atoms with van der Waals surface area (Å²) in [5.41, 5.74) is 7.61. The van der Waals surface area contributed by atoms with E-state index in [4.69, 9.17) is 20.5 Å². The molecular weight excluding hydrogens is 458 g/mol. The van der Waals surface area contributed by atoms with Gasteiger partial charge in [-0.25, -0.2) is 5.53 Å². The van der Waals surface area contributed by atoms with E-state index in [1.54, 1.807) is 0 Å². The SMILES string of the molecule is N=N/C(=C\NCC(=O)O)CNc1nc(NC2CCN(CCC(=O)O)CC2)cc(N2CCOCC2)n1. The second-order valence-corrected chi connectivity index (χ2v) is 8.31. The van der Waals surface area contributed by atoms with E-state index in [2.05, 4.69) is 40.8 Å². The number of likely N-dealkylation sites (tertiary alicyclic amines) is 1. The molecule has 2 aliphatic heterocycles. The van der Waals surface area contributed by atoms with Crippen LogP contribution in [0.15, 0.2) is 23.1 Å². The zero-order chi connectivity index (χ0) is 25.0. The maximum atomic E-state index is 10.8. The molecule has 0 atom stereocenters. The molecule has 0 unspecified atom stereocenters. The molecule has 6 N–H and O–H groups in total. The van der Waals surface area contributed by atoms with Crippen LogP contribution in [0.2, 0.25) is 0 Å². The summed E-state index contributed by atoms with van der Waals surface area (Å²) in [6.07, 6.45) is 3.27. The van der Waals surface area contributed by atoms with Gasteiger partial charge in [0.1, 0.15) is 18.2 Å². The Labute approximate surface area is 203 Å². The van der Waals surface area contributed by atoms with Crippen LogP contribution in [0.3, 0.4) is 0 Å². The van der Waals surface area contributed by atoms with Crippen molar-refractivity contribution in [2.24, 2.45) is 5.11 Å². The van der Waals surface area contributed by atoms with E-state index in [0.29, 0.717) is 50.3 Å². The summed E-state index contributed by atoms with van der Waals surface area (Å²) in [4.78, 5) is 35.0. The predicted octanol–water partition coefficient (Wildman–Crippen LogP) is 0.623. The number of hydrogen-bond acceptors (Lipinski definition) is 12. The number of hydrogen-bond donors (Lipinski definition) is 6. The highest BCUT2D eigenvalue weighted by Crippen LogP contribution is 2.22. The molecule has 35 heavy (non-hydrogen) atoms. The third-order valence-electron chi connectivity index (χ3n) is 5.72. The van der Waals surface area contributed by atoms with Crippen LogP contribution in [0.5, 0.6) is 0 Å². The number of carboxylic acids is 2. The van der Waals surface area contributed by atoms with Gasteiger partial charge < -0.3 is 40.7 Å². The van der Waals surface area contributed by atoms with Gasteiger partial charge in [0.2, 0.25) is 5.95 Å². The molecule has 0 bridgehead atoms. The largest absolute Gasteiger partial charge is 0.481 e. The van der Waals surface area contributed by atoms with Crippen LogP contribution in [0.25, 0.3) is 0 Å². The summed E-state index contributed by atoms with van der Waals surface area (Å²) in [5, 5.41) is 30.2. The normalized spacial score (nSPS) is 17.6. The van der Waals surface area contributed by atoms with Gasteiger partial charge in [-0.2, -0.15) is 15.1 Å². The fraction of sp³-hybridized carbons (Fsp3) is 0.619. The number of morpholine rings is 1. The minimum Gasteiger partial charge on any atom is -0.481 e. The number of aromatic nitrogens is 2. The van der Waals surface area contributed by atoms with Gasteiger partial charge in [-0.05, 0) is 12.8 Å². The average molecular weight is 492 g/mol. The van der Waals surface area contributed by atoms with Crippen LogP contribution in [0.1, 0.15) is 19.3 Å². The van der Waals surface area contributed by atoms with Crippen molar-refractivity contribution in [2.45, 2.75) is 25.3 Å². The molecular formula is C21H33N9O5. The number of aliphatic carboxylic acids is 2. The number of piperidine rings is 1. The Hall–Kier alpha value is -3.52. The number of ether oxygens (including phenoxy) is 1. The van der Waals surface area contributed by atoms with Gasteiger partial charge in [-0.1, -0.05) is 0 Å². The first-order valence-corrected chi connectivity index (χ1v) is 11.6. The smallest absolute Gasteiger partial charge is 0.322 e. The van der Waals surface area contributed by atoms with Crippen molar-refractivity contribution in [3.63, 3.8) is 0 Å². The lowest BCUT2D eigenvalue weighted by Gasteiger charge is -2.32. The number of nitrogens with one attached hydrogen (secondary N) is 4. The van der Waals surface area contributed by atoms with Gasteiger partial charge >= 0.3 is 11.9 Å². The number of carboxylic acid groups (broad SMARTS) is 2. The Morgan fingerprint density at radius 2 is 1.89 bits per heavy atom. The summed E-state index contributed by atoms with van der Waals surface area (Å²) < 4.78 is 5.45. The van der Waals surface area contributed by atoms with Gasteiger partial charge in [-0.3, -0.25) is 9.59 Å². The van der Waals surface area contributed by atoms with Crippen molar-refractivity contribution in [2.75, 3.05) is 74.6 Å². The third kappa shape index (κ3) is 8.98. The highest BCUT2D eigenvalue weighted by Gasteiger charge is 2.21. The molecule has 0 amide bonds. The molecule has 0 aromatic carbocycles. The molecule has 3 heterocycles. The monoisotopic (exact) mass is 491 g/mol. The molecule has 2 fully saturated rings. The van der Waals surface area contributed by atoms with E-state index in [-0.39, 0.29) is 25.6 Å². The molecule has 0 saturated carbocycles. The van der Waals surface area contributed by atoms with Crippen LogP contribution in [0.4, 0.5) is 17.6 Å². The van der Waals surface area contributed by atoms with E-state index >= 15 is 0 Å². The minimum absolute atomic E-state index is 0.143. The molecule has 14 nitrogen and oxygen atoms in total. The third-order valence-corrected chi connectivity index (χ3v) is 5.72. The fourth-order valence-corrected chi connectivity index (χ4v) is 3.85. The van der Waals surface area contributed by atoms with Gasteiger partial charge in [0, 0.05) is 51.0 Å². The van der Waals surface area contributed by atoms with Crippen molar-refractivity contribution >= 4 is 29.5 Å². The van der Waals surface area contributed by atoms with E-state index in [9.17, 15) is 9.59 Å². The second-order valence-electron chi connectivity index (χ2n) is 8.31. The Morgan fingerprint density at radius 1 is 1.14 bits per heavy atom. The molecule has 3 rings (SSSR count). The number of rotatable bonds is 13. The fourth-order valence-electron chi connectivity index (χ4n) is 3.85. The van der Waals surface area contributed by atoms with Gasteiger partial charge in [0.15, 0.2) is 0 Å².